The van der Waals surface area contributed by atoms with E-state index >= 15 is 0 Å². The maximum absolute atomic E-state index is 12.6. The van der Waals surface area contributed by atoms with Gasteiger partial charge in [-0.05, 0) is 32.2 Å². The van der Waals surface area contributed by atoms with E-state index in [1.165, 1.54) is 0 Å². The Morgan fingerprint density at radius 2 is 2.06 bits per heavy atom. The fraction of sp³-hybridized carbons (Fsp3) is 0.929. The minimum absolute atomic E-state index is 0.0778. The van der Waals surface area contributed by atoms with Crippen LogP contribution in [0.4, 0.5) is 0 Å². The fourth-order valence-electron chi connectivity index (χ4n) is 3.49. The molecule has 1 aliphatic heterocycles. The Balaban J connectivity index is 2.05. The number of rotatable bonds is 5. The first-order chi connectivity index (χ1) is 8.66. The molecule has 0 aromatic carbocycles. The van der Waals surface area contributed by atoms with Crippen molar-refractivity contribution < 1.29 is 9.90 Å². The Hall–Kier alpha value is -0.610. The van der Waals surface area contributed by atoms with Gasteiger partial charge in [0.1, 0.15) is 0 Å². The molecule has 0 aromatic heterocycles. The number of hydrogen-bond acceptors (Lipinski definition) is 3. The zero-order valence-corrected chi connectivity index (χ0v) is 11.4. The Bertz CT molecular complexity index is 292. The third-order valence-corrected chi connectivity index (χ3v) is 4.70. The predicted octanol–water partition coefficient (Wildman–Crippen LogP) is 1.19. The molecule has 1 amide bonds. The van der Waals surface area contributed by atoms with Crippen LogP contribution in [0.15, 0.2) is 0 Å². The molecular formula is C14H26N2O2. The summed E-state index contributed by atoms with van der Waals surface area (Å²) in [5, 5.41) is 16.1. The van der Waals surface area contributed by atoms with E-state index in [0.29, 0.717) is 0 Å². The summed E-state index contributed by atoms with van der Waals surface area (Å²) in [6.45, 7) is 3.92. The first-order valence-corrected chi connectivity index (χ1v) is 7.31. The molecule has 1 saturated carbocycles. The van der Waals surface area contributed by atoms with E-state index < -0.39 is 0 Å². The van der Waals surface area contributed by atoms with Crippen LogP contribution in [0.1, 0.15) is 51.9 Å². The van der Waals surface area contributed by atoms with Crippen molar-refractivity contribution in [3.05, 3.63) is 0 Å². The van der Waals surface area contributed by atoms with Crippen molar-refractivity contribution in [3.63, 3.8) is 0 Å². The number of nitrogens with one attached hydrogen (secondary N) is 2. The molecule has 1 heterocycles. The summed E-state index contributed by atoms with van der Waals surface area (Å²) in [4.78, 5) is 12.6. The second-order valence-electron chi connectivity index (χ2n) is 6.06. The van der Waals surface area contributed by atoms with E-state index in [9.17, 15) is 9.90 Å². The van der Waals surface area contributed by atoms with E-state index in [4.69, 9.17) is 0 Å². The number of aliphatic hydroxyl groups excluding tert-OH is 1. The summed E-state index contributed by atoms with van der Waals surface area (Å²) in [5.74, 6) is 0.158. The van der Waals surface area contributed by atoms with Crippen LogP contribution in [0.2, 0.25) is 0 Å². The Labute approximate surface area is 110 Å². The van der Waals surface area contributed by atoms with Gasteiger partial charge in [-0.25, -0.2) is 0 Å². The number of amides is 1. The van der Waals surface area contributed by atoms with Gasteiger partial charge in [0.15, 0.2) is 0 Å². The topological polar surface area (TPSA) is 61.4 Å². The highest BCUT2D eigenvalue weighted by Gasteiger charge is 2.44. The van der Waals surface area contributed by atoms with Crippen molar-refractivity contribution in [1.82, 2.24) is 10.6 Å². The Morgan fingerprint density at radius 1 is 1.33 bits per heavy atom. The molecule has 104 valence electrons. The molecule has 1 unspecified atom stereocenters. The standard InChI is InChI=1S/C14H26N2O2/c1-2-5-13(8-9-15-10-13)12(18)16-14(11-17)6-3-4-7-14/h15,17H,2-11H2,1H3,(H,16,18). The average molecular weight is 254 g/mol. The van der Waals surface area contributed by atoms with Gasteiger partial charge in [-0.1, -0.05) is 26.2 Å². The van der Waals surface area contributed by atoms with Crippen molar-refractivity contribution in [2.45, 2.75) is 57.4 Å². The minimum atomic E-state index is -0.333. The largest absolute Gasteiger partial charge is 0.394 e. The van der Waals surface area contributed by atoms with Crippen LogP contribution in [0, 0.1) is 5.41 Å². The Kier molecular flexibility index (Phi) is 4.28. The van der Waals surface area contributed by atoms with Crippen LogP contribution in [0.25, 0.3) is 0 Å². The van der Waals surface area contributed by atoms with Gasteiger partial charge < -0.3 is 15.7 Å². The van der Waals surface area contributed by atoms with Gasteiger partial charge in [0.05, 0.1) is 17.6 Å². The lowest BCUT2D eigenvalue weighted by molar-refractivity contribution is -0.133. The first kappa shape index (κ1) is 13.8. The quantitative estimate of drug-likeness (QED) is 0.690. The van der Waals surface area contributed by atoms with Crippen LogP contribution in [-0.2, 0) is 4.79 Å². The zero-order chi connectivity index (χ0) is 13.1. The predicted molar refractivity (Wildman–Crippen MR) is 71.3 cm³/mol. The number of hydrogen-bond donors (Lipinski definition) is 3. The van der Waals surface area contributed by atoms with Gasteiger partial charge in [-0.3, -0.25) is 4.79 Å². The van der Waals surface area contributed by atoms with Gasteiger partial charge >= 0.3 is 0 Å². The van der Waals surface area contributed by atoms with Gasteiger partial charge in [0, 0.05) is 6.54 Å². The van der Waals surface area contributed by atoms with E-state index in [2.05, 4.69) is 17.6 Å². The summed E-state index contributed by atoms with van der Waals surface area (Å²) in [6, 6.07) is 0. The fourth-order valence-corrected chi connectivity index (χ4v) is 3.49. The molecule has 18 heavy (non-hydrogen) atoms. The van der Waals surface area contributed by atoms with Crippen LogP contribution >= 0.6 is 0 Å². The molecule has 1 atom stereocenters. The zero-order valence-electron chi connectivity index (χ0n) is 11.4. The molecule has 3 N–H and O–H groups in total. The maximum atomic E-state index is 12.6. The molecule has 0 spiro atoms. The Morgan fingerprint density at radius 3 is 2.56 bits per heavy atom. The van der Waals surface area contributed by atoms with Crippen molar-refractivity contribution in [2.24, 2.45) is 5.41 Å². The number of carbonyl (C=O) groups excluding carboxylic acids is 1. The summed E-state index contributed by atoms with van der Waals surface area (Å²) in [7, 11) is 0. The molecule has 2 aliphatic rings. The molecule has 1 aliphatic carbocycles. The van der Waals surface area contributed by atoms with E-state index in [0.717, 1.165) is 58.0 Å². The van der Waals surface area contributed by atoms with Crippen LogP contribution < -0.4 is 10.6 Å². The van der Waals surface area contributed by atoms with Gasteiger partial charge in [0.2, 0.25) is 5.91 Å². The summed E-state index contributed by atoms with van der Waals surface area (Å²) in [5.41, 5.74) is -0.570. The second-order valence-corrected chi connectivity index (χ2v) is 6.06. The third-order valence-electron chi connectivity index (χ3n) is 4.70. The summed E-state index contributed by atoms with van der Waals surface area (Å²) < 4.78 is 0. The first-order valence-electron chi connectivity index (χ1n) is 7.31. The number of aliphatic hydroxyl groups is 1. The number of carbonyl (C=O) groups is 1. The lowest BCUT2D eigenvalue weighted by Gasteiger charge is -2.34. The molecule has 0 bridgehead atoms. The molecule has 0 aromatic rings. The third kappa shape index (κ3) is 2.54. The SMILES string of the molecule is CCCC1(C(=O)NC2(CO)CCCC2)CCNC1. The van der Waals surface area contributed by atoms with Crippen molar-refractivity contribution in [3.8, 4) is 0 Å². The summed E-state index contributed by atoms with van der Waals surface area (Å²) >= 11 is 0. The lowest BCUT2D eigenvalue weighted by Crippen LogP contribution is -2.55. The highest BCUT2D eigenvalue weighted by molar-refractivity contribution is 5.84. The van der Waals surface area contributed by atoms with E-state index in [-0.39, 0.29) is 23.5 Å². The maximum Gasteiger partial charge on any atom is 0.228 e. The highest BCUT2D eigenvalue weighted by atomic mass is 16.3. The van der Waals surface area contributed by atoms with E-state index in [1.807, 2.05) is 0 Å². The smallest absolute Gasteiger partial charge is 0.228 e. The van der Waals surface area contributed by atoms with Gasteiger partial charge in [-0.2, -0.15) is 0 Å². The average Bonchev–Trinajstić information content (AvgIpc) is 3.00. The van der Waals surface area contributed by atoms with Crippen molar-refractivity contribution >= 4 is 5.91 Å². The van der Waals surface area contributed by atoms with E-state index in [1.54, 1.807) is 0 Å². The molecule has 2 fully saturated rings. The lowest BCUT2D eigenvalue weighted by atomic mass is 9.80. The second kappa shape index (κ2) is 5.57. The molecule has 4 heteroatoms. The normalized spacial score (nSPS) is 30.6. The molecule has 0 radical (unpaired) electrons. The van der Waals surface area contributed by atoms with Gasteiger partial charge in [-0.15, -0.1) is 0 Å². The summed E-state index contributed by atoms with van der Waals surface area (Å²) in [6.07, 6.45) is 6.96. The van der Waals surface area contributed by atoms with Crippen molar-refractivity contribution in [1.29, 1.82) is 0 Å². The molecule has 1 saturated heterocycles. The van der Waals surface area contributed by atoms with Gasteiger partial charge in [0.25, 0.3) is 0 Å². The highest BCUT2D eigenvalue weighted by Crippen LogP contribution is 2.35. The molecule has 4 nitrogen and oxygen atoms in total. The molecular weight excluding hydrogens is 228 g/mol. The minimum Gasteiger partial charge on any atom is -0.394 e. The molecule has 2 rings (SSSR count). The van der Waals surface area contributed by atoms with Crippen molar-refractivity contribution in [2.75, 3.05) is 19.7 Å². The van der Waals surface area contributed by atoms with Crippen LogP contribution in [0.5, 0.6) is 0 Å². The van der Waals surface area contributed by atoms with Crippen LogP contribution in [0.3, 0.4) is 0 Å². The van der Waals surface area contributed by atoms with Crippen LogP contribution in [-0.4, -0.2) is 36.2 Å². The monoisotopic (exact) mass is 254 g/mol.